The maximum absolute atomic E-state index is 13.6. The number of amides is 3. The molecule has 0 aliphatic heterocycles. The summed E-state index contributed by atoms with van der Waals surface area (Å²) in [6.07, 6.45) is -0.854. The van der Waals surface area contributed by atoms with E-state index >= 15 is 0 Å². The van der Waals surface area contributed by atoms with Crippen molar-refractivity contribution in [2.75, 3.05) is 17.3 Å². The zero-order chi connectivity index (χ0) is 28.4. The van der Waals surface area contributed by atoms with Gasteiger partial charge in [-0.3, -0.25) is 15.5 Å². The Morgan fingerprint density at radius 3 is 2.11 bits per heavy atom. The molecule has 1 saturated carbocycles. The number of anilines is 2. The molecular weight excluding hydrogens is 601 g/mol. The first-order valence-corrected chi connectivity index (χ1v) is 13.3. The molecule has 1 fully saturated rings. The van der Waals surface area contributed by atoms with Crippen LogP contribution >= 0.6 is 22.6 Å². The number of halogens is 1. The van der Waals surface area contributed by atoms with Gasteiger partial charge >= 0.3 is 12.2 Å². The molecule has 0 bridgehead atoms. The van der Waals surface area contributed by atoms with Crippen LogP contribution in [0.2, 0.25) is 0 Å². The van der Waals surface area contributed by atoms with Crippen LogP contribution in [0.3, 0.4) is 0 Å². The van der Waals surface area contributed by atoms with Crippen LogP contribution in [0.4, 0.5) is 21.0 Å². The van der Waals surface area contributed by atoms with Gasteiger partial charge in [0.25, 0.3) is 0 Å². The van der Waals surface area contributed by atoms with E-state index in [0.717, 1.165) is 10.5 Å². The van der Waals surface area contributed by atoms with Gasteiger partial charge in [0.2, 0.25) is 5.91 Å². The van der Waals surface area contributed by atoms with Crippen molar-refractivity contribution >= 4 is 55.8 Å². The average Bonchev–Trinajstić information content (AvgIpc) is 3.58. The Bertz CT molecular complexity index is 1230. The summed E-state index contributed by atoms with van der Waals surface area (Å²) in [5.74, 6) is -0.395. The minimum Gasteiger partial charge on any atom is -0.497 e. The number of hydrogen-bond donors (Lipinski definition) is 2. The molecule has 2 atom stereocenters. The van der Waals surface area contributed by atoms with Gasteiger partial charge in [0.15, 0.2) is 0 Å². The van der Waals surface area contributed by atoms with Crippen LogP contribution in [0.15, 0.2) is 42.5 Å². The van der Waals surface area contributed by atoms with Gasteiger partial charge < -0.3 is 14.2 Å². The van der Waals surface area contributed by atoms with Gasteiger partial charge in [-0.05, 0) is 118 Å². The zero-order valence-corrected chi connectivity index (χ0v) is 24.8. The van der Waals surface area contributed by atoms with Crippen molar-refractivity contribution in [3.05, 3.63) is 53.6 Å². The maximum Gasteiger partial charge on any atom is 0.421 e. The normalized spacial score (nSPS) is 16.7. The Hall–Kier alpha value is -3.15. The Morgan fingerprint density at radius 1 is 0.974 bits per heavy atom. The molecule has 3 rings (SSSR count). The average molecular weight is 635 g/mol. The van der Waals surface area contributed by atoms with Gasteiger partial charge in [0.05, 0.1) is 18.5 Å². The molecule has 0 unspecified atom stereocenters. The summed E-state index contributed by atoms with van der Waals surface area (Å²) in [5, 5.41) is 10.8. The topological polar surface area (TPSA) is 118 Å². The molecule has 0 radical (unpaired) electrons. The molecule has 2 N–H and O–H groups in total. The predicted molar refractivity (Wildman–Crippen MR) is 155 cm³/mol. The number of methoxy groups -OCH3 is 1. The van der Waals surface area contributed by atoms with E-state index in [-0.39, 0.29) is 15.5 Å². The Labute approximate surface area is 236 Å². The van der Waals surface area contributed by atoms with E-state index in [1.165, 1.54) is 7.11 Å². The van der Waals surface area contributed by atoms with Gasteiger partial charge in [-0.1, -0.05) is 6.07 Å². The van der Waals surface area contributed by atoms with E-state index in [9.17, 15) is 14.4 Å². The molecule has 10 heteroatoms. The lowest BCUT2D eigenvalue weighted by molar-refractivity contribution is -0.119. The molecule has 204 valence electrons. The Balaban J connectivity index is 1.87. The monoisotopic (exact) mass is 635 g/mol. The highest BCUT2D eigenvalue weighted by molar-refractivity contribution is 14.1. The van der Waals surface area contributed by atoms with Crippen LogP contribution in [0.1, 0.15) is 65.0 Å². The summed E-state index contributed by atoms with van der Waals surface area (Å²) in [4.78, 5) is 40.2. The Kier molecular flexibility index (Phi) is 8.75. The summed E-state index contributed by atoms with van der Waals surface area (Å²) in [6, 6.07) is 12.0. The first-order valence-electron chi connectivity index (χ1n) is 12.2. The second kappa shape index (κ2) is 11.3. The maximum atomic E-state index is 13.6. The van der Waals surface area contributed by atoms with Crippen molar-refractivity contribution in [3.63, 3.8) is 0 Å². The first kappa shape index (κ1) is 29.4. The molecule has 1 aliphatic rings. The number of carbonyl (C=O) groups excluding carboxylic acids is 3. The summed E-state index contributed by atoms with van der Waals surface area (Å²) < 4.78 is 16.4. The number of ether oxygens (including phenoxy) is 3. The van der Waals surface area contributed by atoms with Crippen molar-refractivity contribution in [2.24, 2.45) is 5.92 Å². The van der Waals surface area contributed by atoms with Crippen LogP contribution in [0.5, 0.6) is 5.75 Å². The van der Waals surface area contributed by atoms with E-state index in [0.29, 0.717) is 29.1 Å². The fourth-order valence-electron chi connectivity index (χ4n) is 3.86. The molecule has 38 heavy (non-hydrogen) atoms. The van der Waals surface area contributed by atoms with E-state index in [4.69, 9.17) is 19.6 Å². The largest absolute Gasteiger partial charge is 0.497 e. The number of rotatable bonds is 6. The predicted octanol–water partition coefficient (Wildman–Crippen LogP) is 6.87. The minimum atomic E-state index is -0.785. The standard InChI is InChI=1S/C28H34IN3O6/c1-27(2,3)37-25(34)31-22-14-16(8-13-19(22)23(29)30)20-15-21(20)24(33)32(26(35)38-28(4,5)6)17-9-11-18(36-7)12-10-17/h8-14,20-21,30H,15H2,1-7H3,(H,31,34)/t20-,21+/m0/s1. The molecular formula is C28H34IN3O6. The van der Waals surface area contributed by atoms with Gasteiger partial charge in [0.1, 0.15) is 20.7 Å². The summed E-state index contributed by atoms with van der Waals surface area (Å²) in [5.41, 5.74) is 0.699. The lowest BCUT2D eigenvalue weighted by Gasteiger charge is -2.26. The smallest absolute Gasteiger partial charge is 0.421 e. The molecule has 2 aromatic carbocycles. The van der Waals surface area contributed by atoms with Gasteiger partial charge in [-0.15, -0.1) is 0 Å². The highest BCUT2D eigenvalue weighted by Gasteiger charge is 2.48. The second-order valence-corrected chi connectivity index (χ2v) is 12.1. The summed E-state index contributed by atoms with van der Waals surface area (Å²) in [7, 11) is 1.54. The van der Waals surface area contributed by atoms with Crippen molar-refractivity contribution in [1.82, 2.24) is 0 Å². The van der Waals surface area contributed by atoms with Crippen molar-refractivity contribution < 1.29 is 28.6 Å². The fraction of sp³-hybridized carbons (Fsp3) is 0.429. The van der Waals surface area contributed by atoms with Crippen molar-refractivity contribution in [1.29, 1.82) is 5.41 Å². The molecule has 0 aromatic heterocycles. The molecule has 0 heterocycles. The molecule has 0 spiro atoms. The Morgan fingerprint density at radius 2 is 1.58 bits per heavy atom. The van der Waals surface area contributed by atoms with E-state index in [2.05, 4.69) is 5.32 Å². The SMILES string of the molecule is COc1ccc(N(C(=O)OC(C)(C)C)C(=O)[C@@H]2C[C@H]2c2ccc(C(=N)I)c(NC(=O)OC(C)(C)C)c2)cc1. The van der Waals surface area contributed by atoms with Crippen LogP contribution in [0, 0.1) is 11.3 Å². The lowest BCUT2D eigenvalue weighted by Crippen LogP contribution is -2.42. The third-order valence-corrected chi connectivity index (χ3v) is 6.16. The number of carbonyl (C=O) groups is 3. The van der Waals surface area contributed by atoms with Crippen LogP contribution in [-0.2, 0) is 14.3 Å². The van der Waals surface area contributed by atoms with E-state index in [1.54, 1.807) is 77.9 Å². The van der Waals surface area contributed by atoms with Crippen LogP contribution < -0.4 is 15.0 Å². The van der Waals surface area contributed by atoms with Crippen molar-refractivity contribution in [2.45, 2.75) is 65.1 Å². The highest BCUT2D eigenvalue weighted by atomic mass is 127. The molecule has 9 nitrogen and oxygen atoms in total. The van der Waals surface area contributed by atoms with E-state index in [1.807, 2.05) is 28.7 Å². The van der Waals surface area contributed by atoms with Crippen LogP contribution in [-0.4, -0.2) is 40.1 Å². The quantitative estimate of drug-likeness (QED) is 0.264. The summed E-state index contributed by atoms with van der Waals surface area (Å²) >= 11 is 1.88. The molecule has 3 amide bonds. The number of nitrogens with one attached hydrogen (secondary N) is 2. The number of imide groups is 1. The molecule has 1 aliphatic carbocycles. The third-order valence-electron chi connectivity index (χ3n) is 5.58. The fourth-order valence-corrected chi connectivity index (χ4v) is 4.33. The third kappa shape index (κ3) is 7.68. The van der Waals surface area contributed by atoms with E-state index < -0.39 is 29.3 Å². The van der Waals surface area contributed by atoms with Gasteiger partial charge in [-0.2, -0.15) is 0 Å². The minimum absolute atomic E-state index is 0.165. The van der Waals surface area contributed by atoms with Crippen molar-refractivity contribution in [3.8, 4) is 5.75 Å². The first-order chi connectivity index (χ1) is 17.6. The number of nitrogens with zero attached hydrogens (tertiary/aromatic N) is 1. The summed E-state index contributed by atoms with van der Waals surface area (Å²) in [6.45, 7) is 10.5. The van der Waals surface area contributed by atoms with Gasteiger partial charge in [-0.25, -0.2) is 14.5 Å². The number of hydrogen-bond acceptors (Lipinski definition) is 7. The lowest BCUT2D eigenvalue weighted by atomic mass is 10.0. The van der Waals surface area contributed by atoms with Crippen LogP contribution in [0.25, 0.3) is 0 Å². The highest BCUT2D eigenvalue weighted by Crippen LogP contribution is 2.50. The molecule has 0 saturated heterocycles. The molecule has 2 aromatic rings. The second-order valence-electron chi connectivity index (χ2n) is 11.0. The van der Waals surface area contributed by atoms with Gasteiger partial charge in [0, 0.05) is 11.5 Å². The number of benzene rings is 2. The zero-order valence-electron chi connectivity index (χ0n) is 22.7.